The van der Waals surface area contributed by atoms with Crippen molar-refractivity contribution >= 4 is 16.8 Å². The molecule has 3 heterocycles. The highest BCUT2D eigenvalue weighted by Gasteiger charge is 2.32. The van der Waals surface area contributed by atoms with Gasteiger partial charge in [0.2, 0.25) is 0 Å². The van der Waals surface area contributed by atoms with Gasteiger partial charge in [0, 0.05) is 43.0 Å². The van der Waals surface area contributed by atoms with Gasteiger partial charge >= 0.3 is 0 Å². The zero-order valence-corrected chi connectivity index (χ0v) is 13.5. The zero-order chi connectivity index (χ0) is 17.2. The number of piperidine rings is 1. The Labute approximate surface area is 144 Å². The van der Waals surface area contributed by atoms with Gasteiger partial charge in [0.15, 0.2) is 5.82 Å². The fourth-order valence-corrected chi connectivity index (χ4v) is 3.06. The number of nitrogens with one attached hydrogen (secondary N) is 1. The third kappa shape index (κ3) is 3.18. The van der Waals surface area contributed by atoms with Crippen molar-refractivity contribution in [2.75, 3.05) is 13.1 Å². The Morgan fingerprint density at radius 2 is 2.20 bits per heavy atom. The molecule has 1 saturated heterocycles. The maximum absolute atomic E-state index is 12.3. The quantitative estimate of drug-likeness (QED) is 0.757. The first-order chi connectivity index (χ1) is 12.2. The summed E-state index contributed by atoms with van der Waals surface area (Å²) >= 11 is 0. The first-order valence-corrected chi connectivity index (χ1v) is 8.19. The minimum atomic E-state index is -0.757. The van der Waals surface area contributed by atoms with Crippen molar-refractivity contribution in [3.05, 3.63) is 54.7 Å². The molecular weight excluding hydrogens is 320 g/mol. The number of β-amino-alcohol motifs (C(OH)–C–C–N with tert-alkyl or cyclic N) is 1. The van der Waals surface area contributed by atoms with Crippen molar-refractivity contribution in [2.45, 2.75) is 18.6 Å². The number of carbonyl (C=O) groups is 1. The Morgan fingerprint density at radius 1 is 1.28 bits per heavy atom. The van der Waals surface area contributed by atoms with Crippen LogP contribution in [0.25, 0.3) is 10.9 Å². The maximum atomic E-state index is 12.3. The lowest BCUT2D eigenvalue weighted by Gasteiger charge is -2.35. The largest absolute Gasteiger partial charge is 0.488 e. The number of aromatic amines is 1. The molecule has 1 aromatic carbocycles. The van der Waals surface area contributed by atoms with Crippen LogP contribution in [0, 0.1) is 0 Å². The van der Waals surface area contributed by atoms with E-state index in [0.29, 0.717) is 18.7 Å². The van der Waals surface area contributed by atoms with E-state index < -0.39 is 6.10 Å². The second-order valence-corrected chi connectivity index (χ2v) is 6.06. The van der Waals surface area contributed by atoms with Crippen LogP contribution in [0.15, 0.2) is 48.9 Å². The molecule has 2 N–H and O–H groups in total. The fraction of sp³-hybridized carbons (Fsp3) is 0.278. The third-order valence-corrected chi connectivity index (χ3v) is 4.37. The zero-order valence-electron chi connectivity index (χ0n) is 13.5. The van der Waals surface area contributed by atoms with E-state index in [1.807, 2.05) is 30.3 Å². The van der Waals surface area contributed by atoms with Gasteiger partial charge in [-0.25, -0.2) is 4.98 Å². The Bertz CT molecular complexity index is 881. The normalized spacial score (nSPS) is 20.6. The molecule has 1 amide bonds. The van der Waals surface area contributed by atoms with Crippen molar-refractivity contribution in [3.8, 4) is 5.75 Å². The minimum absolute atomic E-state index is 0.211. The van der Waals surface area contributed by atoms with E-state index in [9.17, 15) is 9.90 Å². The SMILES string of the molecule is O=C(c1ncc[nH]1)N1CC[C@@H](Oc2ccc3cccnc3c2)[C@H](O)C1. The summed E-state index contributed by atoms with van der Waals surface area (Å²) in [5.41, 5.74) is 0.847. The van der Waals surface area contributed by atoms with Crippen LogP contribution in [-0.4, -0.2) is 56.2 Å². The molecule has 4 rings (SSSR count). The number of benzene rings is 1. The van der Waals surface area contributed by atoms with E-state index in [1.54, 1.807) is 17.3 Å². The molecular formula is C18H18N4O3. The number of aliphatic hydroxyl groups is 1. The molecule has 25 heavy (non-hydrogen) atoms. The van der Waals surface area contributed by atoms with E-state index >= 15 is 0 Å². The maximum Gasteiger partial charge on any atom is 0.289 e. The summed E-state index contributed by atoms with van der Waals surface area (Å²) in [5.74, 6) is 0.741. The van der Waals surface area contributed by atoms with Crippen LogP contribution in [0.2, 0.25) is 0 Å². The number of hydrogen-bond donors (Lipinski definition) is 2. The van der Waals surface area contributed by atoms with Gasteiger partial charge in [0.1, 0.15) is 18.0 Å². The number of aromatic nitrogens is 3. The molecule has 0 aliphatic carbocycles. The van der Waals surface area contributed by atoms with Gasteiger partial charge in [0.25, 0.3) is 5.91 Å². The molecule has 1 fully saturated rings. The third-order valence-electron chi connectivity index (χ3n) is 4.37. The van der Waals surface area contributed by atoms with E-state index in [1.165, 1.54) is 6.20 Å². The smallest absolute Gasteiger partial charge is 0.289 e. The fourth-order valence-electron chi connectivity index (χ4n) is 3.06. The van der Waals surface area contributed by atoms with Crippen LogP contribution >= 0.6 is 0 Å². The Balaban J connectivity index is 1.43. The van der Waals surface area contributed by atoms with Crippen molar-refractivity contribution in [2.24, 2.45) is 0 Å². The Kier molecular flexibility index (Phi) is 4.07. The number of H-pyrrole nitrogens is 1. The molecule has 0 unspecified atom stereocenters. The highest BCUT2D eigenvalue weighted by molar-refractivity contribution is 5.90. The number of nitrogens with zero attached hydrogens (tertiary/aromatic N) is 3. The highest BCUT2D eigenvalue weighted by atomic mass is 16.5. The number of fused-ring (bicyclic) bond motifs is 1. The molecule has 1 aliphatic rings. The number of likely N-dealkylation sites (tertiary alicyclic amines) is 1. The van der Waals surface area contributed by atoms with Gasteiger partial charge in [-0.05, 0) is 18.2 Å². The van der Waals surface area contributed by atoms with Crippen LogP contribution in [0.5, 0.6) is 5.75 Å². The number of pyridine rings is 1. The molecule has 0 bridgehead atoms. The number of amides is 1. The average molecular weight is 338 g/mol. The lowest BCUT2D eigenvalue weighted by Crippen LogP contribution is -2.51. The van der Waals surface area contributed by atoms with E-state index in [4.69, 9.17) is 4.74 Å². The predicted octanol–water partition coefficient (Wildman–Crippen LogP) is 1.61. The summed E-state index contributed by atoms with van der Waals surface area (Å²) in [6.07, 6.45) is 4.31. The number of ether oxygens (including phenoxy) is 1. The molecule has 0 saturated carbocycles. The number of imidazole rings is 1. The van der Waals surface area contributed by atoms with Crippen LogP contribution in [-0.2, 0) is 0 Å². The van der Waals surface area contributed by atoms with E-state index in [-0.39, 0.29) is 24.4 Å². The Morgan fingerprint density at radius 3 is 3.00 bits per heavy atom. The van der Waals surface area contributed by atoms with Gasteiger partial charge in [0.05, 0.1) is 12.1 Å². The Hall–Kier alpha value is -2.93. The van der Waals surface area contributed by atoms with Crippen molar-refractivity contribution in [3.63, 3.8) is 0 Å². The van der Waals surface area contributed by atoms with Crippen LogP contribution in [0.1, 0.15) is 17.0 Å². The molecule has 3 aromatic rings. The number of hydrogen-bond acceptors (Lipinski definition) is 5. The van der Waals surface area contributed by atoms with Crippen LogP contribution in [0.3, 0.4) is 0 Å². The number of aliphatic hydroxyl groups excluding tert-OH is 1. The van der Waals surface area contributed by atoms with Gasteiger partial charge < -0.3 is 19.7 Å². The summed E-state index contributed by atoms with van der Waals surface area (Å²) in [6, 6.07) is 9.55. The van der Waals surface area contributed by atoms with Crippen LogP contribution < -0.4 is 4.74 Å². The monoisotopic (exact) mass is 338 g/mol. The second kappa shape index (κ2) is 6.52. The molecule has 0 spiro atoms. The van der Waals surface area contributed by atoms with Gasteiger partial charge in [-0.1, -0.05) is 6.07 Å². The van der Waals surface area contributed by atoms with Crippen molar-refractivity contribution < 1.29 is 14.6 Å². The van der Waals surface area contributed by atoms with Gasteiger partial charge in [-0.3, -0.25) is 9.78 Å². The molecule has 2 aromatic heterocycles. The van der Waals surface area contributed by atoms with Gasteiger partial charge in [-0.2, -0.15) is 0 Å². The molecule has 2 atom stereocenters. The number of carbonyl (C=O) groups excluding carboxylic acids is 1. The molecule has 7 nitrogen and oxygen atoms in total. The highest BCUT2D eigenvalue weighted by Crippen LogP contribution is 2.23. The second-order valence-electron chi connectivity index (χ2n) is 6.06. The van der Waals surface area contributed by atoms with Crippen molar-refractivity contribution in [1.82, 2.24) is 19.9 Å². The summed E-state index contributed by atoms with van der Waals surface area (Å²) in [7, 11) is 0. The molecule has 128 valence electrons. The van der Waals surface area contributed by atoms with E-state index in [2.05, 4.69) is 15.0 Å². The summed E-state index contributed by atoms with van der Waals surface area (Å²) in [4.78, 5) is 25.0. The first-order valence-electron chi connectivity index (χ1n) is 8.19. The molecule has 1 aliphatic heterocycles. The lowest BCUT2D eigenvalue weighted by molar-refractivity contribution is -0.0201. The van der Waals surface area contributed by atoms with Crippen molar-refractivity contribution in [1.29, 1.82) is 0 Å². The number of rotatable bonds is 3. The minimum Gasteiger partial charge on any atom is -0.488 e. The van der Waals surface area contributed by atoms with E-state index in [0.717, 1.165) is 10.9 Å². The van der Waals surface area contributed by atoms with Crippen LogP contribution in [0.4, 0.5) is 0 Å². The topological polar surface area (TPSA) is 91.3 Å². The first kappa shape index (κ1) is 15.6. The standard InChI is InChI=1S/C18H18N4O3/c23-15-11-22(18(24)17-20-7-8-21-17)9-5-16(15)25-13-4-3-12-2-1-6-19-14(12)10-13/h1-4,6-8,10,15-16,23H,5,9,11H2,(H,20,21)/t15-,16-/m1/s1. The molecule has 0 radical (unpaired) electrons. The summed E-state index contributed by atoms with van der Waals surface area (Å²) in [5, 5.41) is 11.4. The summed E-state index contributed by atoms with van der Waals surface area (Å²) in [6.45, 7) is 0.725. The lowest BCUT2D eigenvalue weighted by atomic mass is 10.0. The summed E-state index contributed by atoms with van der Waals surface area (Å²) < 4.78 is 5.94. The predicted molar refractivity (Wildman–Crippen MR) is 91.3 cm³/mol. The average Bonchev–Trinajstić information content (AvgIpc) is 3.17. The molecule has 7 heteroatoms. The van der Waals surface area contributed by atoms with Gasteiger partial charge in [-0.15, -0.1) is 0 Å².